The van der Waals surface area contributed by atoms with E-state index >= 15 is 0 Å². The summed E-state index contributed by atoms with van der Waals surface area (Å²) in [6.45, 7) is 1.56. The van der Waals surface area contributed by atoms with Gasteiger partial charge in [0, 0.05) is 11.8 Å². The maximum atomic E-state index is 13.0. The standard InChI is InChI=1S/C24H20N4O4/c1-15-8-10-16(11-9-15)19-13-20(21-7-4-12-31-21)28(27-19)22(29)14-32-24(30)23-17-5-2-3-6-18(17)25-26-23/h2-12,20H,13-14H2,1H3,(H,25,26)/t20-/m0/s1. The molecule has 32 heavy (non-hydrogen) atoms. The van der Waals surface area contributed by atoms with Gasteiger partial charge in [0.25, 0.3) is 5.91 Å². The average molecular weight is 428 g/mol. The third-order valence-electron chi connectivity index (χ3n) is 5.41. The molecule has 0 aliphatic carbocycles. The number of benzene rings is 2. The van der Waals surface area contributed by atoms with Crippen LogP contribution in [0.4, 0.5) is 0 Å². The van der Waals surface area contributed by atoms with Gasteiger partial charge < -0.3 is 9.15 Å². The first-order valence-electron chi connectivity index (χ1n) is 10.2. The van der Waals surface area contributed by atoms with Crippen LogP contribution in [-0.2, 0) is 9.53 Å². The summed E-state index contributed by atoms with van der Waals surface area (Å²) in [6.07, 6.45) is 2.06. The van der Waals surface area contributed by atoms with Gasteiger partial charge in [-0.2, -0.15) is 10.2 Å². The Morgan fingerprint density at radius 3 is 2.72 bits per heavy atom. The molecule has 1 aliphatic heterocycles. The number of aryl methyl sites for hydroxylation is 1. The first-order valence-corrected chi connectivity index (χ1v) is 10.2. The number of fused-ring (bicyclic) bond motifs is 1. The van der Waals surface area contributed by atoms with Crippen LogP contribution >= 0.6 is 0 Å². The van der Waals surface area contributed by atoms with Gasteiger partial charge in [-0.05, 0) is 30.7 Å². The fourth-order valence-corrected chi connectivity index (χ4v) is 3.74. The van der Waals surface area contributed by atoms with Crippen molar-refractivity contribution in [3.05, 3.63) is 89.5 Å². The molecule has 160 valence electrons. The summed E-state index contributed by atoms with van der Waals surface area (Å²) >= 11 is 0. The van der Waals surface area contributed by atoms with Crippen LogP contribution in [0.25, 0.3) is 10.9 Å². The lowest BCUT2D eigenvalue weighted by atomic mass is 10.0. The minimum absolute atomic E-state index is 0.140. The Hall–Kier alpha value is -4.20. The van der Waals surface area contributed by atoms with Crippen molar-refractivity contribution in [2.45, 2.75) is 19.4 Å². The Morgan fingerprint density at radius 1 is 1.12 bits per heavy atom. The molecule has 0 fully saturated rings. The van der Waals surface area contributed by atoms with Gasteiger partial charge in [0.1, 0.15) is 11.8 Å². The molecule has 0 radical (unpaired) electrons. The highest BCUT2D eigenvalue weighted by molar-refractivity contribution is 6.04. The van der Waals surface area contributed by atoms with Crippen LogP contribution in [0.3, 0.4) is 0 Å². The molecule has 1 atom stereocenters. The summed E-state index contributed by atoms with van der Waals surface area (Å²) in [4.78, 5) is 25.5. The predicted octanol–water partition coefficient (Wildman–Crippen LogP) is 4.00. The number of H-pyrrole nitrogens is 1. The fraction of sp³-hybridized carbons (Fsp3) is 0.167. The number of furan rings is 1. The SMILES string of the molecule is Cc1ccc(C2=NN(C(=O)COC(=O)c3n[nH]c4ccccc34)[C@H](c3ccco3)C2)cc1. The van der Waals surface area contributed by atoms with Crippen molar-refractivity contribution in [3.63, 3.8) is 0 Å². The van der Waals surface area contributed by atoms with Crippen molar-refractivity contribution in [2.75, 3.05) is 6.61 Å². The zero-order valence-electron chi connectivity index (χ0n) is 17.3. The number of nitrogens with one attached hydrogen (secondary N) is 1. The molecule has 3 heterocycles. The molecule has 8 heteroatoms. The van der Waals surface area contributed by atoms with E-state index in [4.69, 9.17) is 9.15 Å². The van der Waals surface area contributed by atoms with Crippen molar-refractivity contribution in [3.8, 4) is 0 Å². The summed E-state index contributed by atoms with van der Waals surface area (Å²) in [5.41, 5.74) is 3.70. The second kappa shape index (κ2) is 8.14. The molecule has 8 nitrogen and oxygen atoms in total. The fourth-order valence-electron chi connectivity index (χ4n) is 3.74. The monoisotopic (exact) mass is 428 g/mol. The molecule has 2 aromatic heterocycles. The van der Waals surface area contributed by atoms with E-state index in [-0.39, 0.29) is 5.69 Å². The Labute approximate surface area is 183 Å². The molecule has 0 saturated heterocycles. The number of hydrazone groups is 1. The van der Waals surface area contributed by atoms with E-state index < -0.39 is 24.5 Å². The van der Waals surface area contributed by atoms with Gasteiger partial charge >= 0.3 is 5.97 Å². The van der Waals surface area contributed by atoms with E-state index in [1.54, 1.807) is 30.5 Å². The molecule has 1 N–H and O–H groups in total. The van der Waals surface area contributed by atoms with Crippen LogP contribution in [0.2, 0.25) is 0 Å². The van der Waals surface area contributed by atoms with E-state index in [0.717, 1.165) is 22.4 Å². The van der Waals surface area contributed by atoms with Gasteiger partial charge in [0.15, 0.2) is 12.3 Å². The molecular weight excluding hydrogens is 408 g/mol. The number of nitrogens with zero attached hydrogens (tertiary/aromatic N) is 3. The normalized spacial score (nSPS) is 15.7. The van der Waals surface area contributed by atoms with Gasteiger partial charge in [-0.15, -0.1) is 0 Å². The summed E-state index contributed by atoms with van der Waals surface area (Å²) in [5.74, 6) is -0.497. The lowest BCUT2D eigenvalue weighted by molar-refractivity contribution is -0.136. The highest BCUT2D eigenvalue weighted by atomic mass is 16.5. The van der Waals surface area contributed by atoms with Crippen molar-refractivity contribution >= 4 is 28.5 Å². The number of carbonyl (C=O) groups is 2. The second-order valence-electron chi connectivity index (χ2n) is 7.58. The number of ether oxygens (including phenoxy) is 1. The number of hydrogen-bond donors (Lipinski definition) is 1. The lowest BCUT2D eigenvalue weighted by Crippen LogP contribution is -2.31. The third kappa shape index (κ3) is 3.66. The highest BCUT2D eigenvalue weighted by Gasteiger charge is 2.35. The van der Waals surface area contributed by atoms with Gasteiger partial charge in [-0.25, -0.2) is 9.80 Å². The number of esters is 1. The summed E-state index contributed by atoms with van der Waals surface area (Å²) < 4.78 is 10.8. The van der Waals surface area contributed by atoms with Crippen LogP contribution in [0.1, 0.15) is 39.8 Å². The molecule has 1 aliphatic rings. The van der Waals surface area contributed by atoms with Crippen molar-refractivity contribution in [2.24, 2.45) is 5.10 Å². The summed E-state index contributed by atoms with van der Waals surface area (Å²) in [6, 6.07) is 18.3. The van der Waals surface area contributed by atoms with E-state index in [1.807, 2.05) is 43.3 Å². The molecule has 0 unspecified atom stereocenters. The van der Waals surface area contributed by atoms with E-state index in [2.05, 4.69) is 15.3 Å². The van der Waals surface area contributed by atoms with Crippen LogP contribution in [0.5, 0.6) is 0 Å². The van der Waals surface area contributed by atoms with E-state index in [9.17, 15) is 9.59 Å². The Balaban J connectivity index is 1.35. The number of rotatable bonds is 5. The quantitative estimate of drug-likeness (QED) is 0.484. The first-order chi connectivity index (χ1) is 15.6. The molecule has 4 aromatic rings. The minimum atomic E-state index is -0.674. The van der Waals surface area contributed by atoms with Gasteiger partial charge in [-0.3, -0.25) is 9.89 Å². The zero-order chi connectivity index (χ0) is 22.1. The topological polar surface area (TPSA) is 101 Å². The molecule has 0 saturated carbocycles. The smallest absolute Gasteiger partial charge is 0.359 e. The predicted molar refractivity (Wildman–Crippen MR) is 117 cm³/mol. The molecule has 5 rings (SSSR count). The van der Waals surface area contributed by atoms with E-state index in [0.29, 0.717) is 17.6 Å². The highest BCUT2D eigenvalue weighted by Crippen LogP contribution is 2.33. The number of amides is 1. The summed E-state index contributed by atoms with van der Waals surface area (Å²) in [7, 11) is 0. The van der Waals surface area contributed by atoms with E-state index in [1.165, 1.54) is 5.01 Å². The molecule has 2 aromatic carbocycles. The molecule has 0 bridgehead atoms. The minimum Gasteiger partial charge on any atom is -0.467 e. The largest absolute Gasteiger partial charge is 0.467 e. The van der Waals surface area contributed by atoms with Crippen LogP contribution in [0, 0.1) is 6.92 Å². The zero-order valence-corrected chi connectivity index (χ0v) is 17.3. The second-order valence-corrected chi connectivity index (χ2v) is 7.58. The van der Waals surface area contributed by atoms with Crippen molar-refractivity contribution in [1.29, 1.82) is 0 Å². The molecule has 1 amide bonds. The number of aromatic nitrogens is 2. The Morgan fingerprint density at radius 2 is 1.94 bits per heavy atom. The first kappa shape index (κ1) is 19.7. The average Bonchev–Trinajstić information content (AvgIpc) is 3.56. The van der Waals surface area contributed by atoms with Gasteiger partial charge in [0.05, 0.1) is 17.5 Å². The van der Waals surface area contributed by atoms with Crippen molar-refractivity contribution in [1.82, 2.24) is 15.2 Å². The van der Waals surface area contributed by atoms with Crippen LogP contribution < -0.4 is 0 Å². The Kier molecular flexibility index (Phi) is 5.03. The molecule has 0 spiro atoms. The van der Waals surface area contributed by atoms with Gasteiger partial charge in [0.2, 0.25) is 0 Å². The van der Waals surface area contributed by atoms with Crippen LogP contribution in [0.15, 0.2) is 76.4 Å². The van der Waals surface area contributed by atoms with Crippen LogP contribution in [-0.4, -0.2) is 39.4 Å². The number of carbonyl (C=O) groups excluding carboxylic acids is 2. The van der Waals surface area contributed by atoms with Crippen molar-refractivity contribution < 1.29 is 18.7 Å². The number of para-hydroxylation sites is 1. The third-order valence-corrected chi connectivity index (χ3v) is 5.41. The Bertz CT molecular complexity index is 1310. The summed E-state index contributed by atoms with van der Waals surface area (Å²) in [5, 5.41) is 13.3. The number of hydrogen-bond acceptors (Lipinski definition) is 6. The van der Waals surface area contributed by atoms with Gasteiger partial charge in [-0.1, -0.05) is 48.0 Å². The number of aromatic amines is 1. The molecular formula is C24H20N4O4. The maximum absolute atomic E-state index is 13.0. The lowest BCUT2D eigenvalue weighted by Gasteiger charge is -2.19. The maximum Gasteiger partial charge on any atom is 0.359 e.